The van der Waals surface area contributed by atoms with E-state index in [0.717, 1.165) is 34.1 Å². The number of nitrogens with zero attached hydrogens (tertiary/aromatic N) is 1. The molecule has 1 aromatic heterocycles. The quantitative estimate of drug-likeness (QED) is 0.296. The lowest BCUT2D eigenvalue weighted by Gasteiger charge is -2.09. The highest BCUT2D eigenvalue weighted by atomic mass is 19.1. The van der Waals surface area contributed by atoms with Crippen molar-refractivity contribution in [3.63, 3.8) is 0 Å². The molecule has 4 aromatic rings. The molecule has 0 spiro atoms. The summed E-state index contributed by atoms with van der Waals surface area (Å²) >= 11 is 0. The van der Waals surface area contributed by atoms with E-state index in [-0.39, 0.29) is 5.82 Å². The van der Waals surface area contributed by atoms with Crippen molar-refractivity contribution in [2.24, 2.45) is 0 Å². The zero-order valence-corrected chi connectivity index (χ0v) is 16.9. The van der Waals surface area contributed by atoms with Gasteiger partial charge in [0.25, 0.3) is 0 Å². The Balaban J connectivity index is 1.59. The van der Waals surface area contributed by atoms with E-state index in [1.54, 1.807) is 12.1 Å². The fourth-order valence-corrected chi connectivity index (χ4v) is 3.74. The average Bonchev–Trinajstić information content (AvgIpc) is 2.77. The van der Waals surface area contributed by atoms with Gasteiger partial charge in [0.05, 0.1) is 11.2 Å². The molecule has 2 heteroatoms. The Morgan fingerprint density at radius 2 is 1.55 bits per heavy atom. The standard InChI is InChI=1S/C27H26FN/c1-2-3-4-5-8-20-11-13-21(14-12-20)24-19-23(15-17-25(24)28)27-18-16-22-9-6-7-10-26(22)29-27/h6-7,9-19H,2-5,8H2,1H3. The second-order valence-corrected chi connectivity index (χ2v) is 7.59. The first kappa shape index (κ1) is 19.3. The van der Waals surface area contributed by atoms with Crippen molar-refractivity contribution in [2.45, 2.75) is 39.0 Å². The molecule has 0 aliphatic rings. The van der Waals surface area contributed by atoms with Gasteiger partial charge in [-0.1, -0.05) is 74.7 Å². The molecule has 0 bridgehead atoms. The number of aromatic nitrogens is 1. The Bertz CT molecular complexity index is 1100. The molecule has 0 unspecified atom stereocenters. The van der Waals surface area contributed by atoms with Gasteiger partial charge in [-0.15, -0.1) is 0 Å². The Morgan fingerprint density at radius 3 is 2.38 bits per heavy atom. The fraction of sp³-hybridized carbons (Fsp3) is 0.222. The SMILES string of the molecule is CCCCCCc1ccc(-c2cc(-c3ccc4ccccc4n3)ccc2F)cc1. The van der Waals surface area contributed by atoms with Crippen LogP contribution in [-0.4, -0.2) is 4.98 Å². The lowest BCUT2D eigenvalue weighted by Crippen LogP contribution is -1.90. The van der Waals surface area contributed by atoms with E-state index < -0.39 is 0 Å². The van der Waals surface area contributed by atoms with Gasteiger partial charge >= 0.3 is 0 Å². The van der Waals surface area contributed by atoms with Crippen LogP contribution >= 0.6 is 0 Å². The minimum absolute atomic E-state index is 0.203. The van der Waals surface area contributed by atoms with Crippen LogP contribution in [0.25, 0.3) is 33.3 Å². The van der Waals surface area contributed by atoms with E-state index in [0.29, 0.717) is 5.56 Å². The molecule has 0 saturated heterocycles. The molecule has 1 nitrogen and oxygen atoms in total. The van der Waals surface area contributed by atoms with Gasteiger partial charge in [0.1, 0.15) is 5.82 Å². The van der Waals surface area contributed by atoms with Crippen molar-refractivity contribution in [2.75, 3.05) is 0 Å². The summed E-state index contributed by atoms with van der Waals surface area (Å²) in [4.78, 5) is 4.75. The Labute approximate surface area is 172 Å². The molecule has 0 radical (unpaired) electrons. The van der Waals surface area contributed by atoms with Crippen molar-refractivity contribution in [1.82, 2.24) is 4.98 Å². The molecule has 146 valence electrons. The van der Waals surface area contributed by atoms with Gasteiger partial charge in [0, 0.05) is 16.5 Å². The van der Waals surface area contributed by atoms with Crippen LogP contribution in [0.3, 0.4) is 0 Å². The van der Waals surface area contributed by atoms with E-state index in [4.69, 9.17) is 4.98 Å². The van der Waals surface area contributed by atoms with Gasteiger partial charge in [-0.25, -0.2) is 9.37 Å². The number of unbranched alkanes of at least 4 members (excludes halogenated alkanes) is 3. The van der Waals surface area contributed by atoms with Gasteiger partial charge in [-0.05, 0) is 54.3 Å². The predicted molar refractivity (Wildman–Crippen MR) is 120 cm³/mol. The van der Waals surface area contributed by atoms with Gasteiger partial charge < -0.3 is 0 Å². The number of para-hydroxylation sites is 1. The largest absolute Gasteiger partial charge is 0.248 e. The van der Waals surface area contributed by atoms with E-state index in [2.05, 4.69) is 25.1 Å². The molecular weight excluding hydrogens is 357 g/mol. The van der Waals surface area contributed by atoms with Crippen molar-refractivity contribution in [3.8, 4) is 22.4 Å². The zero-order valence-electron chi connectivity index (χ0n) is 16.9. The van der Waals surface area contributed by atoms with Gasteiger partial charge in [-0.3, -0.25) is 0 Å². The van der Waals surface area contributed by atoms with E-state index in [1.165, 1.54) is 31.2 Å². The normalized spacial score (nSPS) is 11.1. The van der Waals surface area contributed by atoms with E-state index in [1.807, 2.05) is 48.5 Å². The third-order valence-corrected chi connectivity index (χ3v) is 5.44. The van der Waals surface area contributed by atoms with Crippen LogP contribution in [0.2, 0.25) is 0 Å². The highest BCUT2D eigenvalue weighted by Crippen LogP contribution is 2.29. The average molecular weight is 384 g/mol. The van der Waals surface area contributed by atoms with Crippen LogP contribution in [0.15, 0.2) is 78.9 Å². The molecule has 0 N–H and O–H groups in total. The third-order valence-electron chi connectivity index (χ3n) is 5.44. The molecule has 0 aliphatic heterocycles. The molecule has 3 aromatic carbocycles. The molecule has 1 heterocycles. The Kier molecular flexibility index (Phi) is 6.00. The van der Waals surface area contributed by atoms with Crippen molar-refractivity contribution in [3.05, 3.63) is 90.2 Å². The first-order chi connectivity index (χ1) is 14.2. The minimum atomic E-state index is -0.203. The van der Waals surface area contributed by atoms with Crippen LogP contribution < -0.4 is 0 Å². The number of hydrogen-bond acceptors (Lipinski definition) is 1. The minimum Gasteiger partial charge on any atom is -0.248 e. The molecule has 0 amide bonds. The maximum Gasteiger partial charge on any atom is 0.131 e. The molecule has 4 rings (SSSR count). The smallest absolute Gasteiger partial charge is 0.131 e. The summed E-state index contributed by atoms with van der Waals surface area (Å²) in [6.45, 7) is 2.23. The number of pyridine rings is 1. The van der Waals surface area contributed by atoms with Crippen molar-refractivity contribution >= 4 is 10.9 Å². The summed E-state index contributed by atoms with van der Waals surface area (Å²) in [6, 6.07) is 25.7. The van der Waals surface area contributed by atoms with E-state index >= 15 is 0 Å². The Morgan fingerprint density at radius 1 is 0.759 bits per heavy atom. The predicted octanol–water partition coefficient (Wildman–Crippen LogP) is 7.83. The summed E-state index contributed by atoms with van der Waals surface area (Å²) < 4.78 is 14.6. The fourth-order valence-electron chi connectivity index (χ4n) is 3.74. The first-order valence-corrected chi connectivity index (χ1v) is 10.5. The summed E-state index contributed by atoms with van der Waals surface area (Å²) in [5.41, 5.74) is 5.58. The maximum absolute atomic E-state index is 14.6. The molecule has 0 fully saturated rings. The highest BCUT2D eigenvalue weighted by Gasteiger charge is 2.09. The molecule has 0 saturated carbocycles. The van der Waals surface area contributed by atoms with Crippen LogP contribution in [0.5, 0.6) is 0 Å². The zero-order chi connectivity index (χ0) is 20.1. The summed E-state index contributed by atoms with van der Waals surface area (Å²) in [5, 5.41) is 1.10. The second kappa shape index (κ2) is 9.00. The molecule has 0 atom stereocenters. The number of rotatable bonds is 7. The summed E-state index contributed by atoms with van der Waals surface area (Å²) in [5.74, 6) is -0.203. The first-order valence-electron chi connectivity index (χ1n) is 10.5. The Hall–Kier alpha value is -3.00. The molecule has 29 heavy (non-hydrogen) atoms. The number of fused-ring (bicyclic) bond motifs is 1. The van der Waals surface area contributed by atoms with Crippen LogP contribution in [0.1, 0.15) is 38.2 Å². The number of hydrogen-bond donors (Lipinski definition) is 0. The van der Waals surface area contributed by atoms with E-state index in [9.17, 15) is 4.39 Å². The molecular formula is C27H26FN. The second-order valence-electron chi connectivity index (χ2n) is 7.59. The van der Waals surface area contributed by atoms with Gasteiger partial charge in [0.15, 0.2) is 0 Å². The number of halogens is 1. The lowest BCUT2D eigenvalue weighted by molar-refractivity contribution is 0.631. The van der Waals surface area contributed by atoms with Crippen LogP contribution in [-0.2, 0) is 6.42 Å². The van der Waals surface area contributed by atoms with Gasteiger partial charge in [-0.2, -0.15) is 0 Å². The number of benzene rings is 3. The third kappa shape index (κ3) is 4.54. The van der Waals surface area contributed by atoms with Crippen LogP contribution in [0, 0.1) is 5.82 Å². The maximum atomic E-state index is 14.6. The van der Waals surface area contributed by atoms with Crippen LogP contribution in [0.4, 0.5) is 4.39 Å². The summed E-state index contributed by atoms with van der Waals surface area (Å²) in [7, 11) is 0. The van der Waals surface area contributed by atoms with Gasteiger partial charge in [0.2, 0.25) is 0 Å². The lowest BCUT2D eigenvalue weighted by atomic mass is 9.98. The van der Waals surface area contributed by atoms with Crippen molar-refractivity contribution in [1.29, 1.82) is 0 Å². The topological polar surface area (TPSA) is 12.9 Å². The monoisotopic (exact) mass is 383 g/mol. The number of aryl methyl sites for hydroxylation is 1. The molecule has 0 aliphatic carbocycles. The summed E-state index contributed by atoms with van der Waals surface area (Å²) in [6.07, 6.45) is 6.11. The van der Waals surface area contributed by atoms with Crippen molar-refractivity contribution < 1.29 is 4.39 Å². The highest BCUT2D eigenvalue weighted by molar-refractivity contribution is 5.82.